The second-order valence-corrected chi connectivity index (χ2v) is 3.56. The minimum absolute atomic E-state index is 0.207. The molecule has 0 saturated heterocycles. The van der Waals surface area contributed by atoms with Crippen LogP contribution in [-0.4, -0.2) is 10.8 Å². The molecule has 2 aromatic rings. The Hall–Kier alpha value is -1.61. The van der Waals surface area contributed by atoms with Gasteiger partial charge in [-0.25, -0.2) is 0 Å². The molecule has 0 aliphatic rings. The van der Waals surface area contributed by atoms with Crippen molar-refractivity contribution < 1.29 is 9.21 Å². The minimum atomic E-state index is -0.210. The summed E-state index contributed by atoms with van der Waals surface area (Å²) < 4.78 is 5.03. The molecule has 0 unspecified atom stereocenters. The lowest BCUT2D eigenvalue weighted by Gasteiger charge is -1.97. The van der Waals surface area contributed by atoms with E-state index in [1.54, 1.807) is 18.3 Å². The summed E-state index contributed by atoms with van der Waals surface area (Å²) in [7, 11) is 0. The van der Waals surface area contributed by atoms with Crippen molar-refractivity contribution in [3.05, 3.63) is 52.7 Å². The van der Waals surface area contributed by atoms with Crippen molar-refractivity contribution in [2.24, 2.45) is 0 Å². The van der Waals surface area contributed by atoms with Crippen molar-refractivity contribution in [2.45, 2.75) is 6.92 Å². The van der Waals surface area contributed by atoms with E-state index >= 15 is 0 Å². The molecule has 0 aliphatic heterocycles. The van der Waals surface area contributed by atoms with Gasteiger partial charge < -0.3 is 4.42 Å². The smallest absolute Gasteiger partial charge is 0.229 e. The van der Waals surface area contributed by atoms with Crippen molar-refractivity contribution in [2.75, 3.05) is 0 Å². The van der Waals surface area contributed by atoms with E-state index in [2.05, 4.69) is 4.98 Å². The molecule has 2 rings (SSSR count). The zero-order chi connectivity index (χ0) is 10.8. The molecule has 0 N–H and O–H groups in total. The Kier molecular flexibility index (Phi) is 2.56. The lowest BCUT2D eigenvalue weighted by Crippen LogP contribution is -2.00. The molecule has 0 amide bonds. The number of aromatic nitrogens is 1. The third kappa shape index (κ3) is 2.07. The maximum atomic E-state index is 11.8. The molecule has 0 spiro atoms. The molecule has 0 radical (unpaired) electrons. The molecular weight excluding hydrogens is 214 g/mol. The number of hydrogen-bond acceptors (Lipinski definition) is 3. The predicted molar refractivity (Wildman–Crippen MR) is 56.1 cm³/mol. The van der Waals surface area contributed by atoms with Crippen molar-refractivity contribution >= 4 is 17.4 Å². The highest BCUT2D eigenvalue weighted by atomic mass is 35.5. The fraction of sp³-hybridized carbons (Fsp3) is 0.0909. The van der Waals surface area contributed by atoms with Crippen molar-refractivity contribution in [3.8, 4) is 0 Å². The van der Waals surface area contributed by atoms with Gasteiger partial charge in [-0.3, -0.25) is 9.78 Å². The molecular formula is C11H8ClNO2. The number of carbonyl (C=O) groups excluding carboxylic acids is 1. The molecule has 2 aromatic heterocycles. The highest BCUT2D eigenvalue weighted by Crippen LogP contribution is 2.16. The van der Waals surface area contributed by atoms with Gasteiger partial charge in [0, 0.05) is 18.0 Å². The Bertz CT molecular complexity index is 505. The molecule has 0 fully saturated rings. The van der Waals surface area contributed by atoms with Crippen LogP contribution in [0.15, 0.2) is 35.0 Å². The predicted octanol–water partition coefficient (Wildman–Crippen LogP) is 2.87. The molecule has 3 nitrogen and oxygen atoms in total. The average Bonchev–Trinajstić information content (AvgIpc) is 2.64. The SMILES string of the molecule is Cc1cncc(C(=O)c2ccc(Cl)o2)c1. The molecule has 0 saturated carbocycles. The Balaban J connectivity index is 2.36. The van der Waals surface area contributed by atoms with E-state index in [0.717, 1.165) is 5.56 Å². The summed E-state index contributed by atoms with van der Waals surface area (Å²) in [5.41, 5.74) is 1.43. The van der Waals surface area contributed by atoms with Crippen LogP contribution in [0.2, 0.25) is 5.22 Å². The molecule has 0 bridgehead atoms. The molecule has 4 heteroatoms. The number of hydrogen-bond donors (Lipinski definition) is 0. The first-order valence-electron chi connectivity index (χ1n) is 4.38. The molecule has 15 heavy (non-hydrogen) atoms. The van der Waals surface area contributed by atoms with Gasteiger partial charge in [-0.05, 0) is 42.3 Å². The van der Waals surface area contributed by atoms with Crippen LogP contribution >= 0.6 is 11.6 Å². The van der Waals surface area contributed by atoms with Crippen LogP contribution in [0.5, 0.6) is 0 Å². The average molecular weight is 222 g/mol. The topological polar surface area (TPSA) is 43.1 Å². The number of nitrogens with zero attached hydrogens (tertiary/aromatic N) is 1. The lowest BCUT2D eigenvalue weighted by atomic mass is 10.1. The normalized spacial score (nSPS) is 10.3. The first kappa shape index (κ1) is 9.93. The summed E-state index contributed by atoms with van der Waals surface area (Å²) in [5, 5.41) is 0.207. The fourth-order valence-corrected chi connectivity index (χ4v) is 1.40. The van der Waals surface area contributed by atoms with E-state index in [0.29, 0.717) is 5.56 Å². The summed E-state index contributed by atoms with van der Waals surface area (Å²) in [4.78, 5) is 15.8. The van der Waals surface area contributed by atoms with Gasteiger partial charge in [0.15, 0.2) is 11.0 Å². The van der Waals surface area contributed by atoms with Crippen molar-refractivity contribution in [3.63, 3.8) is 0 Å². The maximum Gasteiger partial charge on any atom is 0.229 e. The first-order chi connectivity index (χ1) is 7.16. The van der Waals surface area contributed by atoms with Crippen LogP contribution in [-0.2, 0) is 0 Å². The van der Waals surface area contributed by atoms with Gasteiger partial charge >= 0.3 is 0 Å². The number of halogens is 1. The largest absolute Gasteiger partial charge is 0.441 e. The Morgan fingerprint density at radius 2 is 2.20 bits per heavy atom. The summed E-state index contributed by atoms with van der Waals surface area (Å²) in [6.45, 7) is 1.87. The molecule has 0 aliphatic carbocycles. The van der Waals surface area contributed by atoms with Gasteiger partial charge in [-0.2, -0.15) is 0 Å². The zero-order valence-electron chi connectivity index (χ0n) is 8.03. The summed E-state index contributed by atoms with van der Waals surface area (Å²) in [5.74, 6) is 0.0190. The lowest BCUT2D eigenvalue weighted by molar-refractivity contribution is 0.101. The van der Waals surface area contributed by atoms with Crippen LogP contribution in [0, 0.1) is 6.92 Å². The number of ketones is 1. The molecule has 0 atom stereocenters. The van der Waals surface area contributed by atoms with Crippen LogP contribution < -0.4 is 0 Å². The minimum Gasteiger partial charge on any atom is -0.441 e. The number of aryl methyl sites for hydroxylation is 1. The Morgan fingerprint density at radius 1 is 1.40 bits per heavy atom. The van der Waals surface area contributed by atoms with E-state index in [9.17, 15) is 4.79 Å². The highest BCUT2D eigenvalue weighted by Gasteiger charge is 2.13. The third-order valence-electron chi connectivity index (χ3n) is 1.93. The van der Waals surface area contributed by atoms with Crippen molar-refractivity contribution in [1.82, 2.24) is 4.98 Å². The number of carbonyl (C=O) groups is 1. The maximum absolute atomic E-state index is 11.8. The molecule has 0 aromatic carbocycles. The van der Waals surface area contributed by atoms with Gasteiger partial charge in [-0.15, -0.1) is 0 Å². The van der Waals surface area contributed by atoms with Crippen LogP contribution in [0.4, 0.5) is 0 Å². The van der Waals surface area contributed by atoms with E-state index in [-0.39, 0.29) is 16.8 Å². The Morgan fingerprint density at radius 3 is 2.80 bits per heavy atom. The number of pyridine rings is 1. The van der Waals surface area contributed by atoms with Gasteiger partial charge in [-0.1, -0.05) is 0 Å². The fourth-order valence-electron chi connectivity index (χ4n) is 1.26. The van der Waals surface area contributed by atoms with E-state index in [1.807, 2.05) is 6.92 Å². The summed E-state index contributed by atoms with van der Waals surface area (Å²) >= 11 is 5.59. The second-order valence-electron chi connectivity index (χ2n) is 3.18. The van der Waals surface area contributed by atoms with Crippen LogP contribution in [0.1, 0.15) is 21.7 Å². The number of rotatable bonds is 2. The van der Waals surface area contributed by atoms with Gasteiger partial charge in [0.05, 0.1) is 0 Å². The monoisotopic (exact) mass is 221 g/mol. The standard InChI is InChI=1S/C11H8ClNO2/c1-7-4-8(6-13-5-7)11(14)9-2-3-10(12)15-9/h2-6H,1H3. The zero-order valence-corrected chi connectivity index (χ0v) is 8.78. The van der Waals surface area contributed by atoms with Crippen LogP contribution in [0.3, 0.4) is 0 Å². The molecule has 76 valence electrons. The van der Waals surface area contributed by atoms with Gasteiger partial charge in [0.2, 0.25) is 5.78 Å². The van der Waals surface area contributed by atoms with Crippen molar-refractivity contribution in [1.29, 1.82) is 0 Å². The summed E-state index contributed by atoms with van der Waals surface area (Å²) in [6, 6.07) is 4.84. The van der Waals surface area contributed by atoms with Crippen LogP contribution in [0.25, 0.3) is 0 Å². The summed E-state index contributed by atoms with van der Waals surface area (Å²) in [6.07, 6.45) is 3.19. The highest BCUT2D eigenvalue weighted by molar-refractivity contribution is 6.29. The first-order valence-corrected chi connectivity index (χ1v) is 4.76. The van der Waals surface area contributed by atoms with E-state index in [1.165, 1.54) is 12.3 Å². The Labute approximate surface area is 91.7 Å². The molecule has 2 heterocycles. The van der Waals surface area contributed by atoms with E-state index < -0.39 is 0 Å². The quantitative estimate of drug-likeness (QED) is 0.733. The third-order valence-corrected chi connectivity index (χ3v) is 2.14. The number of furan rings is 1. The van der Waals surface area contributed by atoms with Gasteiger partial charge in [0.25, 0.3) is 0 Å². The second kappa shape index (κ2) is 3.87. The van der Waals surface area contributed by atoms with Gasteiger partial charge in [0.1, 0.15) is 0 Å². The van der Waals surface area contributed by atoms with E-state index in [4.69, 9.17) is 16.0 Å².